The van der Waals surface area contributed by atoms with Gasteiger partial charge in [-0.3, -0.25) is 9.59 Å². The van der Waals surface area contributed by atoms with Gasteiger partial charge in [0.25, 0.3) is 5.91 Å². The molecule has 0 spiro atoms. The molecule has 3 amide bonds. The first-order valence-corrected chi connectivity index (χ1v) is 11.5. The maximum absolute atomic E-state index is 13.0. The third-order valence-corrected chi connectivity index (χ3v) is 7.44. The fourth-order valence-electron chi connectivity index (χ4n) is 3.54. The van der Waals surface area contributed by atoms with Crippen molar-refractivity contribution in [1.29, 1.82) is 0 Å². The lowest BCUT2D eigenvalue weighted by atomic mass is 9.95. The molecular formula is C19H24ClN3O6S. The van der Waals surface area contributed by atoms with Gasteiger partial charge in [-0.1, -0.05) is 11.6 Å². The van der Waals surface area contributed by atoms with Gasteiger partial charge >= 0.3 is 6.09 Å². The van der Waals surface area contributed by atoms with Crippen molar-refractivity contribution in [3.05, 3.63) is 28.8 Å². The number of carbonyl (C=O) groups excluding carboxylic acids is 3. The van der Waals surface area contributed by atoms with Crippen molar-refractivity contribution in [2.45, 2.75) is 20.8 Å². The van der Waals surface area contributed by atoms with Gasteiger partial charge in [0.2, 0.25) is 15.9 Å². The van der Waals surface area contributed by atoms with Crippen LogP contribution >= 0.6 is 11.6 Å². The number of nitrogens with zero attached hydrogens (tertiary/aromatic N) is 3. The second-order valence-corrected chi connectivity index (χ2v) is 10.1. The number of rotatable bonds is 3. The van der Waals surface area contributed by atoms with Gasteiger partial charge in [0, 0.05) is 26.2 Å². The molecule has 0 N–H and O–H groups in total. The molecule has 2 saturated heterocycles. The summed E-state index contributed by atoms with van der Waals surface area (Å²) in [7, 11) is -3.84. The molecule has 2 heterocycles. The van der Waals surface area contributed by atoms with E-state index in [2.05, 4.69) is 0 Å². The molecule has 164 valence electrons. The van der Waals surface area contributed by atoms with E-state index in [1.807, 2.05) is 0 Å². The summed E-state index contributed by atoms with van der Waals surface area (Å²) in [4.78, 5) is 40.5. The number of piperazine rings is 1. The Morgan fingerprint density at radius 1 is 1.13 bits per heavy atom. The van der Waals surface area contributed by atoms with E-state index >= 15 is 0 Å². The minimum atomic E-state index is -3.84. The number of halogens is 1. The minimum absolute atomic E-state index is 0.0866. The molecule has 0 aliphatic carbocycles. The van der Waals surface area contributed by atoms with E-state index in [0.717, 1.165) is 4.31 Å². The first-order chi connectivity index (χ1) is 14.0. The van der Waals surface area contributed by atoms with Crippen LogP contribution in [0.2, 0.25) is 5.02 Å². The van der Waals surface area contributed by atoms with E-state index in [4.69, 9.17) is 16.3 Å². The highest BCUT2D eigenvalue weighted by Gasteiger charge is 2.50. The Morgan fingerprint density at radius 2 is 1.73 bits per heavy atom. The van der Waals surface area contributed by atoms with Crippen LogP contribution < -0.4 is 4.31 Å². The Balaban J connectivity index is 1.82. The van der Waals surface area contributed by atoms with Gasteiger partial charge in [-0.2, -0.15) is 0 Å². The van der Waals surface area contributed by atoms with Crippen LogP contribution in [-0.2, 0) is 19.6 Å². The van der Waals surface area contributed by atoms with E-state index in [1.54, 1.807) is 20.8 Å². The monoisotopic (exact) mass is 457 g/mol. The van der Waals surface area contributed by atoms with E-state index in [-0.39, 0.29) is 41.7 Å². The maximum Gasteiger partial charge on any atom is 0.409 e. The lowest BCUT2D eigenvalue weighted by Gasteiger charge is -2.34. The fraction of sp³-hybridized carbons (Fsp3) is 0.526. The lowest BCUT2D eigenvalue weighted by Crippen LogP contribution is -2.50. The highest BCUT2D eigenvalue weighted by atomic mass is 35.5. The van der Waals surface area contributed by atoms with Crippen LogP contribution in [0.4, 0.5) is 10.5 Å². The molecule has 0 aromatic heterocycles. The smallest absolute Gasteiger partial charge is 0.409 e. The van der Waals surface area contributed by atoms with Crippen molar-refractivity contribution in [2.75, 3.05) is 42.8 Å². The Kier molecular flexibility index (Phi) is 6.01. The van der Waals surface area contributed by atoms with Crippen molar-refractivity contribution in [1.82, 2.24) is 9.80 Å². The molecule has 0 radical (unpaired) electrons. The van der Waals surface area contributed by atoms with Crippen LogP contribution in [0.5, 0.6) is 0 Å². The summed E-state index contributed by atoms with van der Waals surface area (Å²) in [5.41, 5.74) is -0.860. The Hall–Kier alpha value is -2.33. The largest absolute Gasteiger partial charge is 0.450 e. The lowest BCUT2D eigenvalue weighted by molar-refractivity contribution is -0.123. The van der Waals surface area contributed by atoms with Crippen molar-refractivity contribution in [2.24, 2.45) is 5.41 Å². The first kappa shape index (κ1) is 22.4. The third kappa shape index (κ3) is 4.11. The second kappa shape index (κ2) is 8.07. The summed E-state index contributed by atoms with van der Waals surface area (Å²) in [6, 6.07) is 4.15. The van der Waals surface area contributed by atoms with Crippen LogP contribution in [-0.4, -0.2) is 74.7 Å². The third-order valence-electron chi connectivity index (χ3n) is 5.09. The van der Waals surface area contributed by atoms with Crippen LogP contribution in [0, 0.1) is 5.41 Å². The first-order valence-electron chi connectivity index (χ1n) is 9.56. The summed E-state index contributed by atoms with van der Waals surface area (Å²) in [6.07, 6.45) is -0.426. The van der Waals surface area contributed by atoms with Crippen molar-refractivity contribution >= 4 is 45.2 Å². The predicted octanol–water partition coefficient (Wildman–Crippen LogP) is 1.96. The normalized spacial score (nSPS) is 20.4. The van der Waals surface area contributed by atoms with E-state index < -0.39 is 33.3 Å². The number of sulfonamides is 1. The molecule has 0 unspecified atom stereocenters. The van der Waals surface area contributed by atoms with E-state index in [1.165, 1.54) is 28.0 Å². The molecule has 30 heavy (non-hydrogen) atoms. The van der Waals surface area contributed by atoms with Gasteiger partial charge in [-0.05, 0) is 39.0 Å². The van der Waals surface area contributed by atoms with Crippen molar-refractivity contribution < 1.29 is 27.5 Å². The number of carbonyl (C=O) groups is 3. The average molecular weight is 458 g/mol. The zero-order valence-corrected chi connectivity index (χ0v) is 18.6. The van der Waals surface area contributed by atoms with Crippen LogP contribution in [0.3, 0.4) is 0 Å². The number of hydrogen-bond acceptors (Lipinski definition) is 6. The van der Waals surface area contributed by atoms with E-state index in [9.17, 15) is 22.8 Å². The zero-order valence-electron chi connectivity index (χ0n) is 17.1. The Labute approximate surface area is 180 Å². The number of hydrogen-bond donors (Lipinski definition) is 0. The van der Waals surface area contributed by atoms with Gasteiger partial charge in [0.05, 0.1) is 34.0 Å². The number of benzene rings is 1. The molecule has 0 atom stereocenters. The van der Waals surface area contributed by atoms with Gasteiger partial charge in [-0.15, -0.1) is 0 Å². The summed E-state index contributed by atoms with van der Waals surface area (Å²) < 4.78 is 30.8. The molecule has 3 rings (SSSR count). The van der Waals surface area contributed by atoms with Crippen molar-refractivity contribution in [3.63, 3.8) is 0 Å². The average Bonchev–Trinajstić information content (AvgIpc) is 2.84. The summed E-state index contributed by atoms with van der Waals surface area (Å²) in [6.45, 7) is 6.33. The highest BCUT2D eigenvalue weighted by molar-refractivity contribution is 7.94. The molecule has 1 aromatic rings. The molecule has 2 fully saturated rings. The Bertz CT molecular complexity index is 986. The van der Waals surface area contributed by atoms with Gasteiger partial charge in [0.1, 0.15) is 0 Å². The standard InChI is InChI=1S/C19H24ClN3O6S/c1-4-29-18(26)22-9-7-21(8-10-22)16(24)14-11-13(5-6-15(14)20)23-17(25)19(2,3)12-30(23,27)28/h5-6,11H,4,7-10,12H2,1-3H3. The Morgan fingerprint density at radius 3 is 2.27 bits per heavy atom. The van der Waals surface area contributed by atoms with Crippen LogP contribution in [0.1, 0.15) is 31.1 Å². The minimum Gasteiger partial charge on any atom is -0.450 e. The molecule has 9 nitrogen and oxygen atoms in total. The molecular weight excluding hydrogens is 434 g/mol. The summed E-state index contributed by atoms with van der Waals surface area (Å²) >= 11 is 6.22. The SMILES string of the molecule is CCOC(=O)N1CCN(C(=O)c2cc(N3C(=O)C(C)(C)CS3(=O)=O)ccc2Cl)CC1. The molecule has 0 bridgehead atoms. The predicted molar refractivity (Wildman–Crippen MR) is 111 cm³/mol. The van der Waals surface area contributed by atoms with Crippen LogP contribution in [0.15, 0.2) is 18.2 Å². The summed E-state index contributed by atoms with van der Waals surface area (Å²) in [5, 5.41) is 0.153. The van der Waals surface area contributed by atoms with Gasteiger partial charge < -0.3 is 14.5 Å². The number of anilines is 1. The van der Waals surface area contributed by atoms with Gasteiger partial charge in [-0.25, -0.2) is 17.5 Å². The zero-order chi connectivity index (χ0) is 22.3. The molecule has 2 aliphatic heterocycles. The fourth-order valence-corrected chi connectivity index (χ4v) is 5.84. The van der Waals surface area contributed by atoms with Gasteiger partial charge in [0.15, 0.2) is 0 Å². The highest BCUT2D eigenvalue weighted by Crippen LogP contribution is 2.37. The number of ether oxygens (including phenoxy) is 1. The molecule has 2 aliphatic rings. The topological polar surface area (TPSA) is 104 Å². The molecule has 1 aromatic carbocycles. The van der Waals surface area contributed by atoms with Crippen LogP contribution in [0.25, 0.3) is 0 Å². The molecule has 0 saturated carbocycles. The second-order valence-electron chi connectivity index (χ2n) is 7.85. The maximum atomic E-state index is 13.0. The van der Waals surface area contributed by atoms with Crippen molar-refractivity contribution in [3.8, 4) is 0 Å². The molecule has 11 heteroatoms. The van der Waals surface area contributed by atoms with E-state index in [0.29, 0.717) is 13.1 Å². The summed E-state index contributed by atoms with van der Waals surface area (Å²) in [5.74, 6) is -1.25. The quantitative estimate of drug-likeness (QED) is 0.687. The number of amides is 3.